The predicted molar refractivity (Wildman–Crippen MR) is 73.3 cm³/mol. The molecular weight excluding hydrogens is 296 g/mol. The first-order chi connectivity index (χ1) is 6.58. The van der Waals surface area contributed by atoms with E-state index in [2.05, 4.69) is 41.1 Å². The molecule has 0 aromatic carbocycles. The van der Waals surface area contributed by atoms with Crippen molar-refractivity contribution in [2.75, 3.05) is 0 Å². The average Bonchev–Trinajstić information content (AvgIpc) is 2.63. The first-order valence-corrected chi connectivity index (χ1v) is 6.43. The van der Waals surface area contributed by atoms with Gasteiger partial charge in [-0.15, -0.1) is 16.4 Å². The fraction of sp³-hybridized carbons (Fsp3) is 0. The maximum absolute atomic E-state index is 4.70. The minimum absolute atomic E-state index is 0.699. The zero-order valence-corrected chi connectivity index (χ0v) is 11.6. The van der Waals surface area contributed by atoms with E-state index in [1.54, 1.807) is 10.0 Å². The summed E-state index contributed by atoms with van der Waals surface area (Å²) in [5, 5.41) is 5.34. The highest BCUT2D eigenvalue weighted by Crippen LogP contribution is 2.27. The largest absolute Gasteiger partial charge is 0.305 e. The van der Waals surface area contributed by atoms with Crippen LogP contribution in [0.2, 0.25) is 0 Å². The third-order valence-corrected chi connectivity index (χ3v) is 3.53. The van der Waals surface area contributed by atoms with E-state index in [1.807, 2.05) is 0 Å². The summed E-state index contributed by atoms with van der Waals surface area (Å²) >= 11 is 20.1. The fourth-order valence-electron chi connectivity index (χ4n) is 0.489. The number of rotatable bonds is 0. The maximum Gasteiger partial charge on any atom is 0.175 e. The lowest BCUT2D eigenvalue weighted by Gasteiger charge is -2.01. The quantitative estimate of drug-likeness (QED) is 0.290. The molecule has 0 saturated heterocycles. The zero-order valence-electron chi connectivity index (χ0n) is 6.55. The summed E-state index contributed by atoms with van der Waals surface area (Å²) in [7, 11) is 0. The van der Waals surface area contributed by atoms with Crippen LogP contribution in [0.25, 0.3) is 0 Å². The standard InChI is InChI=1S/C2H2N2S3.C2H4N2S3/c5-1-3-4-2(6)7-1;5-2-1-3-4(6)7-2/h(H,3,5)(H,4,6);1,3,5-6H. The highest BCUT2D eigenvalue weighted by atomic mass is 32.2. The van der Waals surface area contributed by atoms with Crippen LogP contribution in [0, 0.1) is 7.91 Å². The SMILES string of the molecule is S=c1[nH][nH]c(=S)s1.SC1=CNN(S)S1. The molecule has 78 valence electrons. The van der Waals surface area contributed by atoms with E-state index in [0.29, 0.717) is 7.91 Å². The van der Waals surface area contributed by atoms with Gasteiger partial charge in [0, 0.05) is 6.20 Å². The van der Waals surface area contributed by atoms with Crippen LogP contribution in [-0.2, 0) is 0 Å². The van der Waals surface area contributed by atoms with Gasteiger partial charge in [0.05, 0.1) is 4.24 Å². The Morgan fingerprint density at radius 1 is 1.29 bits per heavy atom. The minimum atomic E-state index is 0.699. The summed E-state index contributed by atoms with van der Waals surface area (Å²) in [6, 6.07) is 0. The molecule has 0 spiro atoms. The number of nitrogens with zero attached hydrogens (tertiary/aromatic N) is 1. The van der Waals surface area contributed by atoms with E-state index in [0.717, 1.165) is 4.24 Å². The first kappa shape index (κ1) is 12.6. The van der Waals surface area contributed by atoms with E-state index in [9.17, 15) is 0 Å². The van der Waals surface area contributed by atoms with Crippen molar-refractivity contribution in [2.24, 2.45) is 0 Å². The summed E-state index contributed by atoms with van der Waals surface area (Å²) in [4.78, 5) is 0. The Morgan fingerprint density at radius 3 is 2.00 bits per heavy atom. The highest BCUT2D eigenvalue weighted by molar-refractivity contribution is 8.18. The second kappa shape index (κ2) is 6.20. The number of hydrogen-bond acceptors (Lipinski definition) is 8. The fourth-order valence-corrected chi connectivity index (χ4v) is 2.83. The van der Waals surface area contributed by atoms with Gasteiger partial charge in [-0.3, -0.25) is 10.2 Å². The van der Waals surface area contributed by atoms with Crippen LogP contribution in [0.1, 0.15) is 0 Å². The Hall–Kier alpha value is 0.550. The number of nitrogens with one attached hydrogen (secondary N) is 3. The maximum atomic E-state index is 4.70. The summed E-state index contributed by atoms with van der Waals surface area (Å²) < 4.78 is 3.90. The van der Waals surface area contributed by atoms with E-state index in [4.69, 9.17) is 24.4 Å². The van der Waals surface area contributed by atoms with Gasteiger partial charge in [0.15, 0.2) is 7.91 Å². The lowest BCUT2D eigenvalue weighted by molar-refractivity contribution is 0.675. The summed E-state index contributed by atoms with van der Waals surface area (Å²) in [5.41, 5.74) is 2.79. The van der Waals surface area contributed by atoms with Gasteiger partial charge in [-0.25, -0.2) is 0 Å². The lowest BCUT2D eigenvalue weighted by Crippen LogP contribution is -2.10. The smallest absolute Gasteiger partial charge is 0.175 e. The van der Waals surface area contributed by atoms with Crippen molar-refractivity contribution in [1.29, 1.82) is 0 Å². The molecule has 2 rings (SSSR count). The van der Waals surface area contributed by atoms with Crippen molar-refractivity contribution in [2.45, 2.75) is 0 Å². The molecule has 0 atom stereocenters. The minimum Gasteiger partial charge on any atom is -0.305 e. The molecule has 1 aromatic heterocycles. The van der Waals surface area contributed by atoms with Crippen molar-refractivity contribution >= 4 is 73.2 Å². The van der Waals surface area contributed by atoms with Crippen LogP contribution < -0.4 is 5.43 Å². The molecular formula is C4H6N4S6. The molecule has 4 nitrogen and oxygen atoms in total. The number of H-pyrrole nitrogens is 2. The molecule has 3 N–H and O–H groups in total. The molecule has 2 heterocycles. The molecule has 1 aromatic rings. The van der Waals surface area contributed by atoms with Gasteiger partial charge in [0.25, 0.3) is 0 Å². The molecule has 0 saturated carbocycles. The average molecular weight is 303 g/mol. The highest BCUT2D eigenvalue weighted by Gasteiger charge is 2.05. The molecule has 1 aliphatic rings. The van der Waals surface area contributed by atoms with E-state index in [1.165, 1.54) is 23.3 Å². The topological polar surface area (TPSA) is 46.9 Å². The third kappa shape index (κ3) is 4.87. The lowest BCUT2D eigenvalue weighted by atomic mass is 11.1. The van der Waals surface area contributed by atoms with Gasteiger partial charge in [-0.05, 0) is 36.4 Å². The van der Waals surface area contributed by atoms with Crippen LogP contribution >= 0.6 is 73.2 Å². The number of aromatic amines is 2. The van der Waals surface area contributed by atoms with Crippen molar-refractivity contribution < 1.29 is 0 Å². The van der Waals surface area contributed by atoms with Gasteiger partial charge >= 0.3 is 0 Å². The Labute approximate surface area is 110 Å². The molecule has 10 heteroatoms. The Balaban J connectivity index is 0.000000140. The summed E-state index contributed by atoms with van der Waals surface area (Å²) in [6.45, 7) is 0. The number of hydrazine groups is 1. The molecule has 0 amide bonds. The Kier molecular flexibility index (Phi) is 5.59. The van der Waals surface area contributed by atoms with Crippen molar-refractivity contribution in [1.82, 2.24) is 19.4 Å². The van der Waals surface area contributed by atoms with Crippen molar-refractivity contribution in [3.63, 3.8) is 0 Å². The molecule has 0 fully saturated rings. The van der Waals surface area contributed by atoms with Gasteiger partial charge in [0.2, 0.25) is 0 Å². The van der Waals surface area contributed by atoms with Crippen LogP contribution in [-0.4, -0.2) is 14.0 Å². The Morgan fingerprint density at radius 2 is 1.86 bits per heavy atom. The number of thiol groups is 2. The Bertz CT molecular complexity index is 389. The second-order valence-corrected chi connectivity index (χ2v) is 6.70. The molecule has 0 radical (unpaired) electrons. The van der Waals surface area contributed by atoms with Crippen LogP contribution in [0.3, 0.4) is 0 Å². The zero-order chi connectivity index (χ0) is 10.6. The predicted octanol–water partition coefficient (Wildman–Crippen LogP) is 2.89. The van der Waals surface area contributed by atoms with Gasteiger partial charge in [-0.1, -0.05) is 24.2 Å². The monoisotopic (exact) mass is 302 g/mol. The summed E-state index contributed by atoms with van der Waals surface area (Å²) in [6.07, 6.45) is 1.76. The first-order valence-electron chi connectivity index (χ1n) is 3.18. The second-order valence-electron chi connectivity index (χ2n) is 1.90. The van der Waals surface area contributed by atoms with Gasteiger partial charge in [-0.2, -0.15) is 0 Å². The normalized spacial score (nSPS) is 15.4. The van der Waals surface area contributed by atoms with E-state index < -0.39 is 0 Å². The van der Waals surface area contributed by atoms with Crippen molar-refractivity contribution in [3.05, 3.63) is 18.3 Å². The summed E-state index contributed by atoms with van der Waals surface area (Å²) in [5.74, 6) is 0. The molecule has 0 bridgehead atoms. The third-order valence-electron chi connectivity index (χ3n) is 0.930. The molecule has 0 aliphatic carbocycles. The van der Waals surface area contributed by atoms with E-state index >= 15 is 0 Å². The molecule has 0 unspecified atom stereocenters. The molecule has 14 heavy (non-hydrogen) atoms. The van der Waals surface area contributed by atoms with Crippen LogP contribution in [0.15, 0.2) is 10.4 Å². The van der Waals surface area contributed by atoms with E-state index in [-0.39, 0.29) is 0 Å². The van der Waals surface area contributed by atoms with Crippen LogP contribution in [0.4, 0.5) is 0 Å². The number of hydrogen-bond donors (Lipinski definition) is 5. The van der Waals surface area contributed by atoms with Gasteiger partial charge in [0.1, 0.15) is 0 Å². The van der Waals surface area contributed by atoms with Crippen molar-refractivity contribution in [3.8, 4) is 0 Å². The molecule has 1 aliphatic heterocycles. The van der Waals surface area contributed by atoms with Gasteiger partial charge < -0.3 is 5.43 Å². The number of aromatic nitrogens is 2. The van der Waals surface area contributed by atoms with Crippen LogP contribution in [0.5, 0.6) is 0 Å².